The number of aryl methyl sites for hydroxylation is 1. The average molecular weight is 312 g/mol. The van der Waals surface area contributed by atoms with Gasteiger partial charge in [0.2, 0.25) is 0 Å². The van der Waals surface area contributed by atoms with Crippen molar-refractivity contribution in [2.24, 2.45) is 16.6 Å². The SMILES string of the molecule is Cc1nc(-c2cccc(CN=C(N)N3CCCC(C)C3)c2)n[nH]1. The van der Waals surface area contributed by atoms with Crippen molar-refractivity contribution in [3.63, 3.8) is 0 Å². The second kappa shape index (κ2) is 6.81. The lowest BCUT2D eigenvalue weighted by atomic mass is 10.0. The largest absolute Gasteiger partial charge is 0.370 e. The molecule has 2 heterocycles. The summed E-state index contributed by atoms with van der Waals surface area (Å²) in [5, 5.41) is 7.07. The van der Waals surface area contributed by atoms with E-state index in [9.17, 15) is 0 Å². The van der Waals surface area contributed by atoms with Gasteiger partial charge in [-0.05, 0) is 37.3 Å². The Morgan fingerprint density at radius 1 is 1.48 bits per heavy atom. The summed E-state index contributed by atoms with van der Waals surface area (Å²) in [6.45, 7) is 6.75. The Bertz CT molecular complexity index is 690. The Balaban J connectivity index is 1.69. The molecule has 1 aromatic carbocycles. The van der Waals surface area contributed by atoms with Crippen molar-refractivity contribution in [3.05, 3.63) is 35.7 Å². The van der Waals surface area contributed by atoms with Gasteiger partial charge in [-0.3, -0.25) is 5.10 Å². The summed E-state index contributed by atoms with van der Waals surface area (Å²) < 4.78 is 0. The molecular formula is C17H24N6. The third-order valence-electron chi connectivity index (χ3n) is 4.19. The third-order valence-corrected chi connectivity index (χ3v) is 4.19. The first-order valence-corrected chi connectivity index (χ1v) is 8.15. The number of likely N-dealkylation sites (tertiary alicyclic amines) is 1. The summed E-state index contributed by atoms with van der Waals surface area (Å²) in [5.74, 6) is 2.86. The number of hydrogen-bond donors (Lipinski definition) is 2. The van der Waals surface area contributed by atoms with Gasteiger partial charge in [-0.1, -0.05) is 25.1 Å². The minimum Gasteiger partial charge on any atom is -0.370 e. The Labute approximate surface area is 136 Å². The summed E-state index contributed by atoms with van der Waals surface area (Å²) in [6, 6.07) is 8.13. The predicted molar refractivity (Wildman–Crippen MR) is 91.9 cm³/mol. The van der Waals surface area contributed by atoms with Crippen LogP contribution in [0.5, 0.6) is 0 Å². The molecule has 1 unspecified atom stereocenters. The summed E-state index contributed by atoms with van der Waals surface area (Å²) in [4.78, 5) is 11.1. The molecular weight excluding hydrogens is 288 g/mol. The molecule has 6 heteroatoms. The molecule has 3 N–H and O–H groups in total. The van der Waals surface area contributed by atoms with Crippen LogP contribution in [0.25, 0.3) is 11.4 Å². The van der Waals surface area contributed by atoms with Crippen LogP contribution in [-0.2, 0) is 6.54 Å². The quantitative estimate of drug-likeness (QED) is 0.673. The molecule has 1 aromatic heterocycles. The molecule has 0 saturated carbocycles. The van der Waals surface area contributed by atoms with Crippen LogP contribution < -0.4 is 5.73 Å². The zero-order valence-corrected chi connectivity index (χ0v) is 13.8. The first-order chi connectivity index (χ1) is 11.1. The predicted octanol–water partition coefficient (Wildman–Crippen LogP) is 2.33. The number of hydrogen-bond acceptors (Lipinski definition) is 3. The first kappa shape index (κ1) is 15.5. The minimum atomic E-state index is 0.577. The molecule has 0 bridgehead atoms. The summed E-state index contributed by atoms with van der Waals surface area (Å²) >= 11 is 0. The molecule has 1 aliphatic heterocycles. The number of nitrogens with one attached hydrogen (secondary N) is 1. The van der Waals surface area contributed by atoms with Crippen LogP contribution in [0.15, 0.2) is 29.3 Å². The van der Waals surface area contributed by atoms with Crippen LogP contribution >= 0.6 is 0 Å². The molecule has 0 spiro atoms. The highest BCUT2D eigenvalue weighted by Crippen LogP contribution is 2.18. The molecule has 0 radical (unpaired) electrons. The maximum Gasteiger partial charge on any atom is 0.191 e. The lowest BCUT2D eigenvalue weighted by Crippen LogP contribution is -2.43. The highest BCUT2D eigenvalue weighted by molar-refractivity contribution is 5.78. The third kappa shape index (κ3) is 3.88. The zero-order chi connectivity index (χ0) is 16.2. The highest BCUT2D eigenvalue weighted by atomic mass is 15.3. The Morgan fingerprint density at radius 2 is 2.35 bits per heavy atom. The number of rotatable bonds is 3. The maximum atomic E-state index is 6.16. The van der Waals surface area contributed by atoms with E-state index in [4.69, 9.17) is 5.73 Å². The lowest BCUT2D eigenvalue weighted by Gasteiger charge is -2.31. The molecule has 0 aliphatic carbocycles. The Hall–Kier alpha value is -2.37. The normalized spacial score (nSPS) is 19.1. The zero-order valence-electron chi connectivity index (χ0n) is 13.8. The van der Waals surface area contributed by atoms with Crippen LogP contribution in [0.2, 0.25) is 0 Å². The smallest absolute Gasteiger partial charge is 0.191 e. The molecule has 1 fully saturated rings. The van der Waals surface area contributed by atoms with E-state index in [0.29, 0.717) is 24.2 Å². The van der Waals surface area contributed by atoms with Crippen molar-refractivity contribution in [1.29, 1.82) is 0 Å². The monoisotopic (exact) mass is 312 g/mol. The van der Waals surface area contributed by atoms with Gasteiger partial charge in [0.25, 0.3) is 0 Å². The molecule has 2 aromatic rings. The van der Waals surface area contributed by atoms with Gasteiger partial charge in [0.15, 0.2) is 11.8 Å². The van der Waals surface area contributed by atoms with E-state index >= 15 is 0 Å². The number of piperidine rings is 1. The maximum absolute atomic E-state index is 6.16. The number of nitrogens with zero attached hydrogens (tertiary/aromatic N) is 4. The van der Waals surface area contributed by atoms with E-state index in [1.54, 1.807) is 0 Å². The van der Waals surface area contributed by atoms with Gasteiger partial charge < -0.3 is 10.6 Å². The first-order valence-electron chi connectivity index (χ1n) is 8.15. The van der Waals surface area contributed by atoms with Crippen molar-refractivity contribution >= 4 is 5.96 Å². The summed E-state index contributed by atoms with van der Waals surface area (Å²) in [5.41, 5.74) is 8.26. The van der Waals surface area contributed by atoms with Crippen molar-refractivity contribution < 1.29 is 0 Å². The number of aliphatic imine (C=N–C) groups is 1. The van der Waals surface area contributed by atoms with Crippen LogP contribution in [-0.4, -0.2) is 39.1 Å². The van der Waals surface area contributed by atoms with E-state index in [1.807, 2.05) is 19.1 Å². The molecule has 6 nitrogen and oxygen atoms in total. The lowest BCUT2D eigenvalue weighted by molar-refractivity contribution is 0.270. The second-order valence-electron chi connectivity index (χ2n) is 6.31. The van der Waals surface area contributed by atoms with Crippen molar-refractivity contribution in [2.45, 2.75) is 33.2 Å². The topological polar surface area (TPSA) is 83.2 Å². The fraction of sp³-hybridized carbons (Fsp3) is 0.471. The van der Waals surface area contributed by atoms with Crippen LogP contribution in [0.3, 0.4) is 0 Å². The number of nitrogens with two attached hydrogens (primary N) is 1. The van der Waals surface area contributed by atoms with Crippen molar-refractivity contribution in [3.8, 4) is 11.4 Å². The van der Waals surface area contributed by atoms with Gasteiger partial charge in [-0.2, -0.15) is 5.10 Å². The van der Waals surface area contributed by atoms with Gasteiger partial charge in [-0.15, -0.1) is 0 Å². The number of aromatic amines is 1. The summed E-state index contributed by atoms with van der Waals surface area (Å²) in [6.07, 6.45) is 2.47. The van der Waals surface area contributed by atoms with Gasteiger partial charge in [0.1, 0.15) is 5.82 Å². The van der Waals surface area contributed by atoms with Gasteiger partial charge in [-0.25, -0.2) is 9.98 Å². The minimum absolute atomic E-state index is 0.577. The van der Waals surface area contributed by atoms with Crippen LogP contribution in [0.1, 0.15) is 31.2 Å². The summed E-state index contributed by atoms with van der Waals surface area (Å²) in [7, 11) is 0. The van der Waals surface area contributed by atoms with E-state index in [0.717, 1.165) is 30.0 Å². The van der Waals surface area contributed by atoms with Crippen molar-refractivity contribution in [1.82, 2.24) is 20.1 Å². The fourth-order valence-electron chi connectivity index (χ4n) is 2.95. The van der Waals surface area contributed by atoms with E-state index in [2.05, 4.69) is 44.1 Å². The number of benzene rings is 1. The van der Waals surface area contributed by atoms with E-state index in [-0.39, 0.29) is 0 Å². The van der Waals surface area contributed by atoms with Crippen molar-refractivity contribution in [2.75, 3.05) is 13.1 Å². The molecule has 3 rings (SSSR count). The molecule has 1 saturated heterocycles. The van der Waals surface area contributed by atoms with Gasteiger partial charge in [0, 0.05) is 18.7 Å². The fourth-order valence-corrected chi connectivity index (χ4v) is 2.95. The van der Waals surface area contributed by atoms with Gasteiger partial charge >= 0.3 is 0 Å². The molecule has 1 atom stereocenters. The molecule has 1 aliphatic rings. The van der Waals surface area contributed by atoms with E-state index < -0.39 is 0 Å². The molecule has 0 amide bonds. The average Bonchev–Trinajstić information content (AvgIpc) is 2.99. The second-order valence-corrected chi connectivity index (χ2v) is 6.31. The standard InChI is InChI=1S/C17H24N6/c1-12-5-4-8-23(11-12)17(18)19-10-14-6-3-7-15(9-14)16-20-13(2)21-22-16/h3,6-7,9,12H,4-5,8,10-11H2,1-2H3,(H2,18,19)(H,20,21,22). The Kier molecular flexibility index (Phi) is 4.60. The highest BCUT2D eigenvalue weighted by Gasteiger charge is 2.17. The Morgan fingerprint density at radius 3 is 3.09 bits per heavy atom. The number of aromatic nitrogens is 3. The number of guanidine groups is 1. The number of H-pyrrole nitrogens is 1. The van der Waals surface area contributed by atoms with Gasteiger partial charge in [0.05, 0.1) is 6.54 Å². The van der Waals surface area contributed by atoms with Crippen LogP contribution in [0, 0.1) is 12.8 Å². The van der Waals surface area contributed by atoms with E-state index in [1.165, 1.54) is 12.8 Å². The molecule has 122 valence electrons. The van der Waals surface area contributed by atoms with Crippen LogP contribution in [0.4, 0.5) is 0 Å². The molecule has 23 heavy (non-hydrogen) atoms.